The number of urea groups is 1. The van der Waals surface area contributed by atoms with E-state index < -0.39 is 0 Å². The van der Waals surface area contributed by atoms with E-state index in [0.29, 0.717) is 0 Å². The van der Waals surface area contributed by atoms with Gasteiger partial charge >= 0.3 is 6.03 Å². The molecule has 0 atom stereocenters. The number of rotatable bonds is 7. The summed E-state index contributed by atoms with van der Waals surface area (Å²) in [5.41, 5.74) is 2.69. The first-order valence-corrected chi connectivity index (χ1v) is 10.3. The highest BCUT2D eigenvalue weighted by atomic mass is 16.5. The second-order valence-corrected chi connectivity index (χ2v) is 7.75. The fraction of sp³-hybridized carbons (Fsp3) is 0.667. The molecule has 2 heterocycles. The Morgan fingerprint density at radius 2 is 1.93 bits per heavy atom. The summed E-state index contributed by atoms with van der Waals surface area (Å²) >= 11 is 0. The number of ether oxygens (including phenoxy) is 1. The second kappa shape index (κ2) is 10.6. The van der Waals surface area contributed by atoms with Gasteiger partial charge in [-0.15, -0.1) is 0 Å². The van der Waals surface area contributed by atoms with Crippen LogP contribution in [0.4, 0.5) is 4.79 Å². The van der Waals surface area contributed by atoms with Crippen molar-refractivity contribution in [2.45, 2.75) is 38.8 Å². The molecule has 2 saturated heterocycles. The van der Waals surface area contributed by atoms with E-state index in [4.69, 9.17) is 4.74 Å². The number of nitrogens with one attached hydrogen (secondary N) is 2. The Balaban J connectivity index is 1.26. The van der Waals surface area contributed by atoms with Gasteiger partial charge in [0.05, 0.1) is 13.2 Å². The lowest BCUT2D eigenvalue weighted by Crippen LogP contribution is -2.48. The summed E-state index contributed by atoms with van der Waals surface area (Å²) in [7, 11) is 0. The number of aryl methyl sites for hydroxylation is 1. The van der Waals surface area contributed by atoms with Crippen LogP contribution in [0.3, 0.4) is 0 Å². The van der Waals surface area contributed by atoms with Gasteiger partial charge in [0.2, 0.25) is 0 Å². The molecule has 0 saturated carbocycles. The number of carbonyl (C=O) groups excluding carboxylic acids is 1. The first kappa shape index (κ1) is 20.1. The van der Waals surface area contributed by atoms with Gasteiger partial charge in [-0.2, -0.15) is 0 Å². The lowest BCUT2D eigenvalue weighted by Gasteiger charge is -2.32. The molecule has 150 valence electrons. The Morgan fingerprint density at radius 3 is 2.67 bits per heavy atom. The van der Waals surface area contributed by atoms with Crippen LogP contribution in [0.1, 0.15) is 30.4 Å². The Bertz CT molecular complexity index is 581. The average Bonchev–Trinajstić information content (AvgIpc) is 2.68. The maximum atomic E-state index is 12.1. The number of carbonyl (C=O) groups is 1. The van der Waals surface area contributed by atoms with Crippen molar-refractivity contribution in [1.29, 1.82) is 0 Å². The largest absolute Gasteiger partial charge is 0.379 e. The number of hydrogen-bond donors (Lipinski definition) is 2. The molecule has 1 aromatic rings. The molecule has 0 aliphatic carbocycles. The molecule has 0 aromatic heterocycles. The third-order valence-electron chi connectivity index (χ3n) is 5.45. The third kappa shape index (κ3) is 7.13. The molecule has 6 nitrogen and oxygen atoms in total. The van der Waals surface area contributed by atoms with Crippen LogP contribution in [0.25, 0.3) is 0 Å². The topological polar surface area (TPSA) is 56.8 Å². The Labute approximate surface area is 163 Å². The molecule has 0 spiro atoms. The molecule has 2 N–H and O–H groups in total. The third-order valence-corrected chi connectivity index (χ3v) is 5.45. The van der Waals surface area contributed by atoms with Gasteiger partial charge in [0.1, 0.15) is 0 Å². The Morgan fingerprint density at radius 1 is 1.15 bits per heavy atom. The van der Waals surface area contributed by atoms with E-state index in [0.717, 1.165) is 78.3 Å². The Kier molecular flexibility index (Phi) is 7.93. The first-order valence-electron chi connectivity index (χ1n) is 10.3. The van der Waals surface area contributed by atoms with Crippen LogP contribution >= 0.6 is 0 Å². The molecule has 2 amide bonds. The monoisotopic (exact) mass is 374 g/mol. The zero-order valence-corrected chi connectivity index (χ0v) is 16.6. The molecular formula is C21H34N4O2. The summed E-state index contributed by atoms with van der Waals surface area (Å²) in [4.78, 5) is 17.0. The highest BCUT2D eigenvalue weighted by Crippen LogP contribution is 2.14. The van der Waals surface area contributed by atoms with Gasteiger partial charge in [-0.05, 0) is 38.3 Å². The highest BCUT2D eigenvalue weighted by Gasteiger charge is 2.20. The van der Waals surface area contributed by atoms with Crippen LogP contribution in [-0.4, -0.2) is 74.4 Å². The van der Waals surface area contributed by atoms with E-state index in [1.165, 1.54) is 11.1 Å². The van der Waals surface area contributed by atoms with E-state index in [1.54, 1.807) is 0 Å². The van der Waals surface area contributed by atoms with Crippen LogP contribution in [0.15, 0.2) is 24.3 Å². The Hall–Kier alpha value is -1.63. The van der Waals surface area contributed by atoms with E-state index in [2.05, 4.69) is 51.6 Å². The second-order valence-electron chi connectivity index (χ2n) is 7.75. The van der Waals surface area contributed by atoms with Gasteiger partial charge in [-0.25, -0.2) is 4.79 Å². The van der Waals surface area contributed by atoms with Gasteiger partial charge < -0.3 is 15.4 Å². The molecule has 0 radical (unpaired) electrons. The molecule has 2 aliphatic rings. The summed E-state index contributed by atoms with van der Waals surface area (Å²) < 4.78 is 5.35. The molecule has 2 fully saturated rings. The number of likely N-dealkylation sites (tertiary alicyclic amines) is 1. The number of nitrogens with zero attached hydrogens (tertiary/aromatic N) is 2. The fourth-order valence-corrected chi connectivity index (χ4v) is 3.87. The molecule has 3 rings (SSSR count). The summed E-state index contributed by atoms with van der Waals surface area (Å²) in [5, 5.41) is 6.15. The quantitative estimate of drug-likeness (QED) is 0.717. The number of hydrogen-bond acceptors (Lipinski definition) is 4. The maximum Gasteiger partial charge on any atom is 0.315 e. The molecule has 27 heavy (non-hydrogen) atoms. The van der Waals surface area contributed by atoms with Crippen molar-refractivity contribution in [2.75, 3.05) is 52.5 Å². The van der Waals surface area contributed by atoms with Gasteiger partial charge in [-0.1, -0.05) is 29.8 Å². The van der Waals surface area contributed by atoms with Crippen molar-refractivity contribution in [3.63, 3.8) is 0 Å². The van der Waals surface area contributed by atoms with E-state index in [1.807, 2.05) is 0 Å². The minimum atomic E-state index is -0.0193. The van der Waals surface area contributed by atoms with Gasteiger partial charge in [0.15, 0.2) is 0 Å². The van der Waals surface area contributed by atoms with Gasteiger partial charge in [0.25, 0.3) is 0 Å². The summed E-state index contributed by atoms with van der Waals surface area (Å²) in [6.45, 7) is 10.7. The summed E-state index contributed by atoms with van der Waals surface area (Å²) in [5.74, 6) is 0. The maximum absolute atomic E-state index is 12.1. The van der Waals surface area contributed by atoms with E-state index >= 15 is 0 Å². The molecule has 2 aliphatic heterocycles. The minimum Gasteiger partial charge on any atom is -0.379 e. The standard InChI is InChI=1S/C21H34N4O2/c1-18-4-2-5-19(16-18)17-25-10-6-20(7-11-25)23-21(26)22-8-3-9-24-12-14-27-15-13-24/h2,4-5,16,20H,3,6-15,17H2,1H3,(H2,22,23,26). The van der Waals surface area contributed by atoms with Crippen molar-refractivity contribution >= 4 is 6.03 Å². The van der Waals surface area contributed by atoms with E-state index in [-0.39, 0.29) is 12.1 Å². The van der Waals surface area contributed by atoms with E-state index in [9.17, 15) is 4.79 Å². The SMILES string of the molecule is Cc1cccc(CN2CCC(NC(=O)NCCCN3CCOCC3)CC2)c1. The van der Waals surface area contributed by atoms with Crippen molar-refractivity contribution in [3.8, 4) is 0 Å². The van der Waals surface area contributed by atoms with Gasteiger partial charge in [0, 0.05) is 45.3 Å². The summed E-state index contributed by atoms with van der Waals surface area (Å²) in [6.07, 6.45) is 3.03. The normalized spacial score (nSPS) is 19.7. The molecular weight excluding hydrogens is 340 g/mol. The predicted molar refractivity (Wildman–Crippen MR) is 108 cm³/mol. The van der Waals surface area contributed by atoms with Gasteiger partial charge in [-0.3, -0.25) is 9.80 Å². The number of benzene rings is 1. The predicted octanol–water partition coefficient (Wildman–Crippen LogP) is 1.98. The van der Waals surface area contributed by atoms with Crippen molar-refractivity contribution in [3.05, 3.63) is 35.4 Å². The molecule has 1 aromatic carbocycles. The zero-order chi connectivity index (χ0) is 18.9. The van der Waals surface area contributed by atoms with Crippen LogP contribution in [0, 0.1) is 6.92 Å². The van der Waals surface area contributed by atoms with Crippen molar-refractivity contribution in [1.82, 2.24) is 20.4 Å². The number of piperidine rings is 1. The smallest absolute Gasteiger partial charge is 0.315 e. The van der Waals surface area contributed by atoms with Crippen LogP contribution < -0.4 is 10.6 Å². The molecule has 0 bridgehead atoms. The lowest BCUT2D eigenvalue weighted by atomic mass is 10.0. The van der Waals surface area contributed by atoms with Crippen LogP contribution in [-0.2, 0) is 11.3 Å². The highest BCUT2D eigenvalue weighted by molar-refractivity contribution is 5.74. The lowest BCUT2D eigenvalue weighted by molar-refractivity contribution is 0.0375. The number of amides is 2. The first-order chi connectivity index (χ1) is 13.2. The van der Waals surface area contributed by atoms with Crippen LogP contribution in [0.2, 0.25) is 0 Å². The van der Waals surface area contributed by atoms with Crippen LogP contribution in [0.5, 0.6) is 0 Å². The van der Waals surface area contributed by atoms with Crippen molar-refractivity contribution in [2.24, 2.45) is 0 Å². The van der Waals surface area contributed by atoms with Crippen molar-refractivity contribution < 1.29 is 9.53 Å². The zero-order valence-electron chi connectivity index (χ0n) is 16.6. The number of morpholine rings is 1. The summed E-state index contributed by atoms with van der Waals surface area (Å²) in [6, 6.07) is 8.99. The molecule has 0 unspecified atom stereocenters. The average molecular weight is 375 g/mol. The fourth-order valence-electron chi connectivity index (χ4n) is 3.87. The molecule has 6 heteroatoms. The minimum absolute atomic E-state index is 0.0193.